The Bertz CT molecular complexity index is 718. The predicted molar refractivity (Wildman–Crippen MR) is 98.8 cm³/mol. The minimum absolute atomic E-state index is 0.0731. The molecule has 0 N–H and O–H groups in total. The second kappa shape index (κ2) is 7.95. The van der Waals surface area contributed by atoms with E-state index < -0.39 is 0 Å². The summed E-state index contributed by atoms with van der Waals surface area (Å²) < 4.78 is 1.69. The van der Waals surface area contributed by atoms with E-state index in [1.165, 1.54) is 19.4 Å². The SMILES string of the molecule is CCCCN(C)CC1CCN(C(=O)c2c(C)nn3cccnc23)CC1. The number of likely N-dealkylation sites (tertiary alicyclic amines) is 1. The number of unbranched alkanes of at least 4 members (excludes halogenated alkanes) is 1. The van der Waals surface area contributed by atoms with Gasteiger partial charge in [0.2, 0.25) is 0 Å². The van der Waals surface area contributed by atoms with Gasteiger partial charge in [0.05, 0.1) is 5.69 Å². The Balaban J connectivity index is 1.61. The standard InChI is InChI=1S/C19H29N5O/c1-4-5-10-22(3)14-16-7-12-23(13-8-16)19(25)17-15(2)21-24-11-6-9-20-18(17)24/h6,9,11,16H,4-5,7-8,10,12-14H2,1-3H3. The molecule has 1 aliphatic heterocycles. The van der Waals surface area contributed by atoms with Crippen molar-refractivity contribution in [2.45, 2.75) is 39.5 Å². The van der Waals surface area contributed by atoms with E-state index in [0.717, 1.165) is 38.2 Å². The molecule has 0 unspecified atom stereocenters. The van der Waals surface area contributed by atoms with Crippen LogP contribution in [0.15, 0.2) is 18.5 Å². The quantitative estimate of drug-likeness (QED) is 0.809. The van der Waals surface area contributed by atoms with Crippen molar-refractivity contribution in [3.8, 4) is 0 Å². The van der Waals surface area contributed by atoms with Crippen molar-refractivity contribution in [2.75, 3.05) is 33.2 Å². The number of carbonyl (C=O) groups is 1. The summed E-state index contributed by atoms with van der Waals surface area (Å²) in [5.41, 5.74) is 2.07. The number of hydrogen-bond acceptors (Lipinski definition) is 4. The highest BCUT2D eigenvalue weighted by Crippen LogP contribution is 2.22. The molecular formula is C19H29N5O. The molecule has 1 saturated heterocycles. The second-order valence-corrected chi connectivity index (χ2v) is 7.20. The minimum atomic E-state index is 0.0731. The molecule has 0 spiro atoms. The van der Waals surface area contributed by atoms with Crippen molar-refractivity contribution in [3.05, 3.63) is 29.7 Å². The number of aromatic nitrogens is 3. The lowest BCUT2D eigenvalue weighted by Crippen LogP contribution is -2.41. The van der Waals surface area contributed by atoms with Crippen molar-refractivity contribution in [2.24, 2.45) is 5.92 Å². The molecule has 6 nitrogen and oxygen atoms in total. The summed E-state index contributed by atoms with van der Waals surface area (Å²) >= 11 is 0. The molecule has 1 aliphatic rings. The zero-order valence-corrected chi connectivity index (χ0v) is 15.6. The number of piperidine rings is 1. The van der Waals surface area contributed by atoms with Gasteiger partial charge in [-0.25, -0.2) is 9.50 Å². The average molecular weight is 343 g/mol. The molecule has 2 aromatic heterocycles. The highest BCUT2D eigenvalue weighted by molar-refractivity contribution is 6.01. The van der Waals surface area contributed by atoms with Crippen molar-refractivity contribution < 1.29 is 4.79 Å². The van der Waals surface area contributed by atoms with Gasteiger partial charge in [-0.2, -0.15) is 5.10 Å². The topological polar surface area (TPSA) is 53.7 Å². The van der Waals surface area contributed by atoms with Crippen molar-refractivity contribution >= 4 is 11.6 Å². The molecule has 25 heavy (non-hydrogen) atoms. The van der Waals surface area contributed by atoms with Gasteiger partial charge in [0, 0.05) is 32.0 Å². The number of carbonyl (C=O) groups excluding carboxylic acids is 1. The Hall–Kier alpha value is -1.95. The Morgan fingerprint density at radius 2 is 2.12 bits per heavy atom. The maximum Gasteiger partial charge on any atom is 0.259 e. The lowest BCUT2D eigenvalue weighted by molar-refractivity contribution is 0.0674. The van der Waals surface area contributed by atoms with Crippen molar-refractivity contribution in [3.63, 3.8) is 0 Å². The molecule has 0 aliphatic carbocycles. The molecule has 0 aromatic carbocycles. The number of rotatable bonds is 6. The minimum Gasteiger partial charge on any atom is -0.338 e. The van der Waals surface area contributed by atoms with E-state index in [2.05, 4.69) is 29.0 Å². The first-order chi connectivity index (χ1) is 12.1. The van der Waals surface area contributed by atoms with E-state index >= 15 is 0 Å². The monoisotopic (exact) mass is 343 g/mol. The number of amides is 1. The summed E-state index contributed by atoms with van der Waals surface area (Å²) in [7, 11) is 2.21. The van der Waals surface area contributed by atoms with E-state index in [4.69, 9.17) is 0 Å². The molecule has 1 fully saturated rings. The van der Waals surface area contributed by atoms with Crippen LogP contribution in [0.3, 0.4) is 0 Å². The van der Waals surface area contributed by atoms with Crippen molar-refractivity contribution in [1.29, 1.82) is 0 Å². The van der Waals surface area contributed by atoms with Crippen LogP contribution in [0.2, 0.25) is 0 Å². The molecule has 6 heteroatoms. The van der Waals surface area contributed by atoms with Crippen LogP contribution in [0.25, 0.3) is 5.65 Å². The number of aryl methyl sites for hydroxylation is 1. The van der Waals surface area contributed by atoms with Crippen LogP contribution in [0.5, 0.6) is 0 Å². The lowest BCUT2D eigenvalue weighted by atomic mass is 9.95. The normalized spacial score (nSPS) is 16.1. The van der Waals surface area contributed by atoms with Gasteiger partial charge in [-0.3, -0.25) is 4.79 Å². The van der Waals surface area contributed by atoms with Gasteiger partial charge in [-0.05, 0) is 51.8 Å². The van der Waals surface area contributed by atoms with Gasteiger partial charge in [0.25, 0.3) is 5.91 Å². The third-order valence-corrected chi connectivity index (χ3v) is 5.15. The van der Waals surface area contributed by atoms with Crippen LogP contribution in [-0.4, -0.2) is 63.5 Å². The molecule has 2 aromatic rings. The van der Waals surface area contributed by atoms with Crippen LogP contribution in [0.4, 0.5) is 0 Å². The maximum absolute atomic E-state index is 13.0. The molecule has 0 saturated carbocycles. The van der Waals surface area contributed by atoms with E-state index in [1.807, 2.05) is 24.1 Å². The lowest BCUT2D eigenvalue weighted by Gasteiger charge is -2.34. The Morgan fingerprint density at radius 3 is 2.84 bits per heavy atom. The average Bonchev–Trinajstić information content (AvgIpc) is 2.95. The van der Waals surface area contributed by atoms with E-state index in [9.17, 15) is 4.79 Å². The number of fused-ring (bicyclic) bond motifs is 1. The van der Waals surface area contributed by atoms with Crippen LogP contribution in [-0.2, 0) is 0 Å². The zero-order chi connectivity index (χ0) is 17.8. The highest BCUT2D eigenvalue weighted by Gasteiger charge is 2.28. The third-order valence-electron chi connectivity index (χ3n) is 5.15. The Kier molecular flexibility index (Phi) is 5.68. The number of nitrogens with zero attached hydrogens (tertiary/aromatic N) is 5. The first-order valence-electron chi connectivity index (χ1n) is 9.38. The third kappa shape index (κ3) is 4.00. The van der Waals surface area contributed by atoms with Gasteiger partial charge in [0.15, 0.2) is 5.65 Å². The van der Waals surface area contributed by atoms with Crippen LogP contribution in [0, 0.1) is 12.8 Å². The van der Waals surface area contributed by atoms with Crippen LogP contribution < -0.4 is 0 Å². The largest absolute Gasteiger partial charge is 0.338 e. The fourth-order valence-electron chi connectivity index (χ4n) is 3.68. The summed E-state index contributed by atoms with van der Waals surface area (Å²) in [6.45, 7) is 8.08. The fourth-order valence-corrected chi connectivity index (χ4v) is 3.68. The fraction of sp³-hybridized carbons (Fsp3) is 0.632. The van der Waals surface area contributed by atoms with Crippen molar-refractivity contribution in [1.82, 2.24) is 24.4 Å². The summed E-state index contributed by atoms with van der Waals surface area (Å²) in [6.07, 6.45) is 8.21. The number of hydrogen-bond donors (Lipinski definition) is 0. The zero-order valence-electron chi connectivity index (χ0n) is 15.6. The Labute approximate surface area is 149 Å². The maximum atomic E-state index is 13.0. The Morgan fingerprint density at radius 1 is 1.36 bits per heavy atom. The van der Waals surface area contributed by atoms with E-state index in [-0.39, 0.29) is 5.91 Å². The smallest absolute Gasteiger partial charge is 0.259 e. The van der Waals surface area contributed by atoms with E-state index in [0.29, 0.717) is 17.1 Å². The molecule has 0 atom stereocenters. The van der Waals surface area contributed by atoms with Gasteiger partial charge < -0.3 is 9.80 Å². The van der Waals surface area contributed by atoms with E-state index in [1.54, 1.807) is 10.7 Å². The summed E-state index contributed by atoms with van der Waals surface area (Å²) in [4.78, 5) is 21.7. The van der Waals surface area contributed by atoms with Crippen LogP contribution in [0.1, 0.15) is 48.7 Å². The first-order valence-corrected chi connectivity index (χ1v) is 9.38. The molecule has 0 radical (unpaired) electrons. The molecule has 136 valence electrons. The summed E-state index contributed by atoms with van der Waals surface area (Å²) in [6, 6.07) is 1.83. The van der Waals surface area contributed by atoms with Crippen LogP contribution >= 0.6 is 0 Å². The van der Waals surface area contributed by atoms with Gasteiger partial charge in [-0.15, -0.1) is 0 Å². The molecular weight excluding hydrogens is 314 g/mol. The molecule has 3 rings (SSSR count). The summed E-state index contributed by atoms with van der Waals surface area (Å²) in [5.74, 6) is 0.762. The molecule has 3 heterocycles. The highest BCUT2D eigenvalue weighted by atomic mass is 16.2. The second-order valence-electron chi connectivity index (χ2n) is 7.20. The summed E-state index contributed by atoms with van der Waals surface area (Å²) in [5, 5.41) is 4.41. The van der Waals surface area contributed by atoms with Gasteiger partial charge in [-0.1, -0.05) is 13.3 Å². The van der Waals surface area contributed by atoms with Gasteiger partial charge >= 0.3 is 0 Å². The predicted octanol–water partition coefficient (Wildman–Crippen LogP) is 2.62. The van der Waals surface area contributed by atoms with Gasteiger partial charge in [0.1, 0.15) is 5.56 Å². The first kappa shape index (κ1) is 17.9. The molecule has 1 amide bonds. The molecule has 0 bridgehead atoms.